The molecule has 3 aromatic heterocycles. The van der Waals surface area contributed by atoms with E-state index in [0.29, 0.717) is 40.9 Å². The van der Waals surface area contributed by atoms with Crippen molar-refractivity contribution in [1.29, 1.82) is 5.26 Å². The first-order valence-electron chi connectivity index (χ1n) is 15.0. The molecule has 3 aliphatic heterocycles. The molecule has 0 radical (unpaired) electrons. The van der Waals surface area contributed by atoms with Crippen molar-refractivity contribution in [3.05, 3.63) is 58.5 Å². The van der Waals surface area contributed by atoms with Gasteiger partial charge in [-0.3, -0.25) is 14.1 Å². The minimum Gasteiger partial charge on any atom is -0.389 e. The summed E-state index contributed by atoms with van der Waals surface area (Å²) in [6.07, 6.45) is 3.58. The molecule has 0 atom stereocenters. The van der Waals surface area contributed by atoms with Crippen LogP contribution in [0, 0.1) is 29.5 Å². The molecule has 1 spiro atoms. The van der Waals surface area contributed by atoms with Gasteiger partial charge in [0.25, 0.3) is 0 Å². The number of fused-ring (bicyclic) bond motifs is 1. The number of carbonyl (C=O) groups is 1. The van der Waals surface area contributed by atoms with E-state index in [4.69, 9.17) is 9.97 Å². The molecule has 0 unspecified atom stereocenters. The predicted molar refractivity (Wildman–Crippen MR) is 168 cm³/mol. The van der Waals surface area contributed by atoms with Crippen molar-refractivity contribution >= 4 is 39.5 Å². The molecule has 10 nitrogen and oxygen atoms in total. The van der Waals surface area contributed by atoms with Gasteiger partial charge in [0, 0.05) is 56.9 Å². The number of β-amino-alcohol motifs (C(OH)–C–C–N with tert-alkyl or cyclic N) is 1. The number of amides is 1. The highest BCUT2D eigenvalue weighted by Gasteiger charge is 2.48. The number of halogens is 1. The number of aliphatic hydroxyl groups is 1. The smallest absolute Gasteiger partial charge is 0.236 e. The molecule has 3 fully saturated rings. The fourth-order valence-electron chi connectivity index (χ4n) is 6.83. The van der Waals surface area contributed by atoms with Gasteiger partial charge < -0.3 is 19.8 Å². The van der Waals surface area contributed by atoms with E-state index in [2.05, 4.69) is 46.4 Å². The number of hydrogen-bond acceptors (Lipinski definition) is 9. The van der Waals surface area contributed by atoms with E-state index in [1.54, 1.807) is 17.0 Å². The summed E-state index contributed by atoms with van der Waals surface area (Å²) in [5.41, 5.74) is 5.47. The van der Waals surface area contributed by atoms with Crippen LogP contribution in [0.1, 0.15) is 29.5 Å². The Balaban J connectivity index is 1.13. The van der Waals surface area contributed by atoms with Crippen molar-refractivity contribution in [2.24, 2.45) is 5.41 Å². The van der Waals surface area contributed by atoms with Gasteiger partial charge in [-0.1, -0.05) is 18.3 Å². The van der Waals surface area contributed by atoms with Crippen LogP contribution in [-0.2, 0) is 11.2 Å². The van der Waals surface area contributed by atoms with Crippen LogP contribution in [0.15, 0.2) is 36.5 Å². The molecule has 44 heavy (non-hydrogen) atoms. The molecule has 12 heteroatoms. The van der Waals surface area contributed by atoms with Gasteiger partial charge in [0.05, 0.1) is 24.0 Å². The molecular formula is C32H35FN8O2S. The lowest BCUT2D eigenvalue weighted by Gasteiger charge is -2.49. The number of anilines is 3. The Labute approximate surface area is 259 Å². The zero-order valence-electron chi connectivity index (χ0n) is 25.1. The predicted octanol–water partition coefficient (Wildman–Crippen LogP) is 3.82. The van der Waals surface area contributed by atoms with Gasteiger partial charge >= 0.3 is 0 Å². The highest BCUT2D eigenvalue weighted by molar-refractivity contribution is 7.16. The van der Waals surface area contributed by atoms with Crippen LogP contribution < -0.4 is 9.80 Å². The summed E-state index contributed by atoms with van der Waals surface area (Å²) in [4.78, 5) is 31.3. The quantitative estimate of drug-likeness (QED) is 0.335. The molecule has 3 aliphatic rings. The van der Waals surface area contributed by atoms with Crippen LogP contribution in [0.25, 0.3) is 16.9 Å². The van der Waals surface area contributed by atoms with Gasteiger partial charge in [-0.15, -0.1) is 0 Å². The van der Waals surface area contributed by atoms with Gasteiger partial charge in [-0.25, -0.2) is 14.4 Å². The topological polar surface area (TPSA) is 104 Å². The van der Waals surface area contributed by atoms with Crippen LogP contribution in [0.4, 0.5) is 21.0 Å². The molecule has 4 aromatic rings. The van der Waals surface area contributed by atoms with Gasteiger partial charge in [-0.05, 0) is 62.2 Å². The Hall–Kier alpha value is -4.05. The minimum atomic E-state index is -0.371. The maximum atomic E-state index is 13.6. The van der Waals surface area contributed by atoms with Crippen molar-refractivity contribution in [3.63, 3.8) is 0 Å². The monoisotopic (exact) mass is 614 g/mol. The van der Waals surface area contributed by atoms with Gasteiger partial charge in [-0.2, -0.15) is 5.26 Å². The number of hydrogen-bond donors (Lipinski definition) is 1. The largest absolute Gasteiger partial charge is 0.389 e. The number of thiazole rings is 1. The minimum absolute atomic E-state index is 0.111. The molecule has 1 N–H and O–H groups in total. The first-order chi connectivity index (χ1) is 21.2. The summed E-state index contributed by atoms with van der Waals surface area (Å²) in [6.45, 7) is 9.21. The van der Waals surface area contributed by atoms with E-state index >= 15 is 0 Å². The van der Waals surface area contributed by atoms with Crippen LogP contribution in [-0.4, -0.2) is 94.1 Å². The lowest BCUT2D eigenvalue weighted by molar-refractivity contribution is -0.142. The number of imidazole rings is 1. The normalized spacial score (nSPS) is 18.1. The van der Waals surface area contributed by atoms with Crippen LogP contribution >= 0.6 is 11.3 Å². The number of pyridine rings is 1. The Kier molecular flexibility index (Phi) is 7.07. The summed E-state index contributed by atoms with van der Waals surface area (Å²) in [6, 6.07) is 10.5. The third-order valence-electron chi connectivity index (χ3n) is 9.22. The average Bonchev–Trinajstić information content (AvgIpc) is 3.70. The number of benzene rings is 1. The zero-order chi connectivity index (χ0) is 30.7. The first kappa shape index (κ1) is 28.7. The average molecular weight is 615 g/mol. The molecule has 7 rings (SSSR count). The summed E-state index contributed by atoms with van der Waals surface area (Å²) in [5, 5.41) is 20.1. The lowest BCUT2D eigenvalue weighted by atomic mass is 9.79. The van der Waals surface area contributed by atoms with Gasteiger partial charge in [0.1, 0.15) is 33.9 Å². The number of carbonyl (C=O) groups excluding carboxylic acids is 1. The molecule has 3 saturated heterocycles. The number of likely N-dealkylation sites (tertiary alicyclic amines) is 2. The molecule has 0 bridgehead atoms. The second-order valence-corrected chi connectivity index (χ2v) is 13.4. The maximum absolute atomic E-state index is 13.6. The van der Waals surface area contributed by atoms with Crippen LogP contribution in [0.5, 0.6) is 0 Å². The number of rotatable bonds is 7. The zero-order valence-corrected chi connectivity index (χ0v) is 25.9. The Bertz CT molecular complexity index is 1780. The van der Waals surface area contributed by atoms with Crippen LogP contribution in [0.3, 0.4) is 0 Å². The molecule has 0 aliphatic carbocycles. The second kappa shape index (κ2) is 10.8. The summed E-state index contributed by atoms with van der Waals surface area (Å²) in [7, 11) is 1.95. The van der Waals surface area contributed by atoms with E-state index in [-0.39, 0.29) is 23.2 Å². The third kappa shape index (κ3) is 4.89. The fourth-order valence-corrected chi connectivity index (χ4v) is 7.68. The van der Waals surface area contributed by atoms with Crippen molar-refractivity contribution in [3.8, 4) is 17.3 Å². The highest BCUT2D eigenvalue weighted by Crippen LogP contribution is 2.43. The standard InChI is InChI=1S/C32H35FN8O2S/c1-4-25-30(37(3)31-36-28(26(12-34)44-31)21-5-7-22(33)8-6-21)41-13-23(11-20(2)29(41)35-25)40-18-32(19-40)9-10-38(17-32)16-27(43)39-14-24(42)15-39/h5-8,11,13,24,42H,4,9-10,14-19H2,1-3H3. The Morgan fingerprint density at radius 1 is 1.23 bits per heavy atom. The van der Waals surface area contributed by atoms with Crippen molar-refractivity contribution in [2.75, 3.05) is 62.7 Å². The number of aromatic nitrogens is 3. The fraction of sp³-hybridized carbons (Fsp3) is 0.438. The number of aliphatic hydroxyl groups excluding tert-OH is 1. The Morgan fingerprint density at radius 2 is 1.98 bits per heavy atom. The molecule has 6 heterocycles. The summed E-state index contributed by atoms with van der Waals surface area (Å²) >= 11 is 1.31. The molecule has 1 aromatic carbocycles. The van der Waals surface area contributed by atoms with E-state index in [9.17, 15) is 19.6 Å². The molecular weight excluding hydrogens is 579 g/mol. The number of aryl methyl sites for hydroxylation is 2. The van der Waals surface area contributed by atoms with Crippen molar-refractivity contribution in [2.45, 2.75) is 32.8 Å². The molecule has 1 amide bonds. The highest BCUT2D eigenvalue weighted by atomic mass is 32.1. The van der Waals surface area contributed by atoms with Gasteiger partial charge in [0.15, 0.2) is 5.13 Å². The third-order valence-corrected chi connectivity index (χ3v) is 10.3. The maximum Gasteiger partial charge on any atom is 0.236 e. The van der Waals surface area contributed by atoms with Crippen LogP contribution in [0.2, 0.25) is 0 Å². The SMILES string of the molecule is CCc1nc2c(C)cc(N3CC4(CCN(CC(=O)N5CC(O)C5)C4)C3)cn2c1N(C)c1nc(-c2ccc(F)cc2)c(C#N)s1. The summed E-state index contributed by atoms with van der Waals surface area (Å²) in [5.74, 6) is 0.690. The van der Waals surface area contributed by atoms with Crippen molar-refractivity contribution in [1.82, 2.24) is 24.2 Å². The number of nitrogens with zero attached hydrogens (tertiary/aromatic N) is 8. The van der Waals surface area contributed by atoms with E-state index < -0.39 is 0 Å². The van der Waals surface area contributed by atoms with Crippen molar-refractivity contribution < 1.29 is 14.3 Å². The molecule has 228 valence electrons. The molecule has 0 saturated carbocycles. The van der Waals surface area contributed by atoms with E-state index in [1.165, 1.54) is 23.5 Å². The first-order valence-corrected chi connectivity index (χ1v) is 15.8. The van der Waals surface area contributed by atoms with E-state index in [0.717, 1.165) is 67.4 Å². The number of nitriles is 1. The summed E-state index contributed by atoms with van der Waals surface area (Å²) < 4.78 is 15.7. The Morgan fingerprint density at radius 3 is 2.66 bits per heavy atom. The van der Waals surface area contributed by atoms with Gasteiger partial charge in [0.2, 0.25) is 5.91 Å². The second-order valence-electron chi connectivity index (χ2n) is 12.4. The lowest BCUT2D eigenvalue weighted by Crippen LogP contribution is -2.59. The van der Waals surface area contributed by atoms with E-state index in [1.807, 2.05) is 11.9 Å².